The number of phosphoric ester groups is 2. The van der Waals surface area contributed by atoms with E-state index in [4.69, 9.17) is 37.0 Å². The second-order valence-electron chi connectivity index (χ2n) is 30.2. The zero-order chi connectivity index (χ0) is 74.2. The van der Waals surface area contributed by atoms with Crippen LogP contribution in [0.3, 0.4) is 0 Å². The van der Waals surface area contributed by atoms with Crippen molar-refractivity contribution in [2.75, 3.05) is 39.6 Å². The third-order valence-corrected chi connectivity index (χ3v) is 21.5. The van der Waals surface area contributed by atoms with Crippen LogP contribution in [0.4, 0.5) is 0 Å². The molecule has 0 rings (SSSR count). The minimum Gasteiger partial charge on any atom is -0.462 e. The van der Waals surface area contributed by atoms with Gasteiger partial charge in [0.2, 0.25) is 0 Å². The van der Waals surface area contributed by atoms with E-state index < -0.39 is 97.5 Å². The molecule has 0 spiro atoms. The highest BCUT2D eigenvalue weighted by molar-refractivity contribution is 7.47. The van der Waals surface area contributed by atoms with Gasteiger partial charge in [-0.3, -0.25) is 37.3 Å². The number of carbonyl (C=O) groups excluding carboxylic acids is 4. The monoisotopic (exact) mass is 1480 g/mol. The molecule has 0 saturated carbocycles. The average molecular weight is 1480 g/mol. The number of aliphatic hydroxyl groups is 1. The zero-order valence-electron chi connectivity index (χ0n) is 66.2. The minimum atomic E-state index is -4.96. The number of unbranched alkanes of at least 4 members (excludes halogenated alkanes) is 50. The minimum absolute atomic E-state index is 0.107. The van der Waals surface area contributed by atoms with Gasteiger partial charge in [-0.1, -0.05) is 382 Å². The fraction of sp³-hybridized carbons (Fsp3) is 0.951. The van der Waals surface area contributed by atoms with Crippen LogP contribution in [-0.4, -0.2) is 96.7 Å². The van der Waals surface area contributed by atoms with E-state index >= 15 is 0 Å². The molecule has 0 aliphatic rings. The summed E-state index contributed by atoms with van der Waals surface area (Å²) in [5.74, 6) is -0.524. The first-order chi connectivity index (χ1) is 48.9. The van der Waals surface area contributed by atoms with Gasteiger partial charge < -0.3 is 33.8 Å². The Balaban J connectivity index is 5.21. The predicted molar refractivity (Wildman–Crippen MR) is 414 cm³/mol. The van der Waals surface area contributed by atoms with Crippen molar-refractivity contribution in [2.24, 2.45) is 11.8 Å². The molecule has 0 bridgehead atoms. The molecule has 6 atom stereocenters. The number of carbonyl (C=O) groups is 4. The first-order valence-electron chi connectivity index (χ1n) is 42.5. The highest BCUT2D eigenvalue weighted by Gasteiger charge is 2.30. The van der Waals surface area contributed by atoms with E-state index in [1.807, 2.05) is 0 Å². The lowest BCUT2D eigenvalue weighted by Crippen LogP contribution is -2.30. The molecule has 3 N–H and O–H groups in total. The van der Waals surface area contributed by atoms with Crippen molar-refractivity contribution < 1.29 is 80.2 Å². The Hall–Kier alpha value is -1.94. The maximum absolute atomic E-state index is 13.1. The molecule has 0 amide bonds. The first-order valence-corrected chi connectivity index (χ1v) is 45.5. The van der Waals surface area contributed by atoms with Crippen molar-refractivity contribution in [1.29, 1.82) is 0 Å². The summed E-state index contributed by atoms with van der Waals surface area (Å²) in [6.45, 7) is 9.66. The molecule has 0 radical (unpaired) electrons. The molecule has 0 fully saturated rings. The summed E-state index contributed by atoms with van der Waals surface area (Å²) in [5.41, 5.74) is 0. The Morgan fingerprint density at radius 1 is 0.287 bits per heavy atom. The van der Waals surface area contributed by atoms with E-state index in [1.165, 1.54) is 250 Å². The van der Waals surface area contributed by atoms with Crippen molar-refractivity contribution in [3.63, 3.8) is 0 Å². The fourth-order valence-corrected chi connectivity index (χ4v) is 14.3. The molecule has 17 nitrogen and oxygen atoms in total. The lowest BCUT2D eigenvalue weighted by atomic mass is 9.99. The quantitative estimate of drug-likeness (QED) is 0.0222. The van der Waals surface area contributed by atoms with Gasteiger partial charge in [0.1, 0.15) is 19.3 Å². The van der Waals surface area contributed by atoms with Gasteiger partial charge in [-0.2, -0.15) is 0 Å². The van der Waals surface area contributed by atoms with Gasteiger partial charge >= 0.3 is 39.5 Å². The van der Waals surface area contributed by atoms with Crippen LogP contribution < -0.4 is 0 Å². The lowest BCUT2D eigenvalue weighted by Gasteiger charge is -2.21. The number of hydrogen-bond acceptors (Lipinski definition) is 15. The van der Waals surface area contributed by atoms with E-state index in [2.05, 4.69) is 41.5 Å². The molecule has 0 aliphatic carbocycles. The molecule has 0 saturated heterocycles. The van der Waals surface area contributed by atoms with Crippen LogP contribution in [0, 0.1) is 11.8 Å². The molecule has 0 aromatic heterocycles. The zero-order valence-corrected chi connectivity index (χ0v) is 68.0. The van der Waals surface area contributed by atoms with Crippen molar-refractivity contribution in [2.45, 2.75) is 452 Å². The SMILES string of the molecule is CCCCCCCCCCCCCCCCCCCCCCCCC(=O)O[C@H](COC(=O)CCCCCCCCCCCCCCC(C)C)COP(=O)(O)OC[C@@H](O)COP(=O)(O)OC[C@@H](COC(=O)CCCCCCCCCCCC)OC(=O)CCCCCCCCCCCCC(C)CC. The number of aliphatic hydroxyl groups excluding tert-OH is 1. The van der Waals surface area contributed by atoms with Crippen LogP contribution >= 0.6 is 15.6 Å². The Bertz CT molecular complexity index is 1940. The Kier molecular flexibility index (Phi) is 72.2. The number of hydrogen-bond donors (Lipinski definition) is 3. The van der Waals surface area contributed by atoms with Crippen molar-refractivity contribution in [3.05, 3.63) is 0 Å². The van der Waals surface area contributed by atoms with Gasteiger partial charge in [-0.05, 0) is 37.5 Å². The van der Waals surface area contributed by atoms with Crippen LogP contribution in [0.1, 0.15) is 433 Å². The number of phosphoric acid groups is 2. The fourth-order valence-electron chi connectivity index (χ4n) is 12.7. The van der Waals surface area contributed by atoms with Crippen LogP contribution in [0.5, 0.6) is 0 Å². The first kappa shape index (κ1) is 99.1. The third-order valence-electron chi connectivity index (χ3n) is 19.6. The predicted octanol–water partition coefficient (Wildman–Crippen LogP) is 24.7. The smallest absolute Gasteiger partial charge is 0.462 e. The molecule has 101 heavy (non-hydrogen) atoms. The van der Waals surface area contributed by atoms with Crippen LogP contribution in [0.15, 0.2) is 0 Å². The summed E-state index contributed by atoms with van der Waals surface area (Å²) in [5, 5.41) is 10.6. The molecule has 0 aliphatic heterocycles. The highest BCUT2D eigenvalue weighted by atomic mass is 31.2. The van der Waals surface area contributed by atoms with Crippen LogP contribution in [-0.2, 0) is 65.4 Å². The maximum atomic E-state index is 13.1. The van der Waals surface area contributed by atoms with Gasteiger partial charge in [-0.15, -0.1) is 0 Å². The number of ether oxygens (including phenoxy) is 4. The summed E-state index contributed by atoms with van der Waals surface area (Å²) < 4.78 is 68.7. The van der Waals surface area contributed by atoms with E-state index in [-0.39, 0.29) is 25.7 Å². The van der Waals surface area contributed by atoms with Crippen molar-refractivity contribution in [1.82, 2.24) is 0 Å². The average Bonchev–Trinajstić information content (AvgIpc) is 0.941. The largest absolute Gasteiger partial charge is 0.472 e. The van der Waals surface area contributed by atoms with E-state index in [0.29, 0.717) is 25.7 Å². The van der Waals surface area contributed by atoms with Crippen LogP contribution in [0.25, 0.3) is 0 Å². The Morgan fingerprint density at radius 3 is 0.752 bits per heavy atom. The number of esters is 4. The lowest BCUT2D eigenvalue weighted by molar-refractivity contribution is -0.161. The molecule has 0 heterocycles. The second kappa shape index (κ2) is 73.6. The van der Waals surface area contributed by atoms with E-state index in [0.717, 1.165) is 102 Å². The summed E-state index contributed by atoms with van der Waals surface area (Å²) in [6, 6.07) is 0. The summed E-state index contributed by atoms with van der Waals surface area (Å²) >= 11 is 0. The Labute approximate surface area is 619 Å². The van der Waals surface area contributed by atoms with Gasteiger partial charge in [0.15, 0.2) is 12.2 Å². The highest BCUT2D eigenvalue weighted by Crippen LogP contribution is 2.45. The van der Waals surface area contributed by atoms with Gasteiger partial charge in [0.05, 0.1) is 26.4 Å². The van der Waals surface area contributed by atoms with Crippen molar-refractivity contribution in [3.8, 4) is 0 Å². The summed E-state index contributed by atoms with van der Waals surface area (Å²) in [4.78, 5) is 73.0. The van der Waals surface area contributed by atoms with E-state index in [9.17, 15) is 43.2 Å². The van der Waals surface area contributed by atoms with Crippen LogP contribution in [0.2, 0.25) is 0 Å². The maximum Gasteiger partial charge on any atom is 0.472 e. The Morgan fingerprint density at radius 2 is 0.505 bits per heavy atom. The summed E-state index contributed by atoms with van der Waals surface area (Å²) in [6.07, 6.45) is 63.8. The topological polar surface area (TPSA) is 237 Å². The molecule has 19 heteroatoms. The number of rotatable bonds is 81. The molecule has 0 aromatic rings. The van der Waals surface area contributed by atoms with E-state index in [1.54, 1.807) is 0 Å². The molecule has 0 aromatic carbocycles. The molecule has 600 valence electrons. The van der Waals surface area contributed by atoms with Gasteiger partial charge in [0.25, 0.3) is 0 Å². The van der Waals surface area contributed by atoms with Gasteiger partial charge in [-0.25, -0.2) is 9.13 Å². The third kappa shape index (κ3) is 74.7. The standard InChI is InChI=1S/C82H160O17P2/c1-7-10-12-14-16-18-20-21-22-23-24-25-26-27-28-29-30-35-42-48-54-60-66-81(86)98-78(71-93-80(85)65-59-53-47-41-34-32-31-33-38-44-50-56-62-74(4)5)73-97-101(90,91)95-69-76(83)68-94-100(88,89)96-72-77(70-92-79(84)64-58-52-46-40-19-17-15-13-11-8-2)99-82(87)67-61-55-49-43-37-36-39-45-51-57-63-75(6)9-3/h74-78,83H,7-73H2,1-6H3,(H,88,89)(H,90,91)/t75?,76-,77+,78+/m0/s1. The molecular weight excluding hydrogens is 1320 g/mol. The summed E-state index contributed by atoms with van der Waals surface area (Å²) in [7, 11) is -9.92. The molecule has 3 unspecified atom stereocenters. The van der Waals surface area contributed by atoms with Crippen molar-refractivity contribution >= 4 is 39.5 Å². The second-order valence-corrected chi connectivity index (χ2v) is 33.1. The van der Waals surface area contributed by atoms with Gasteiger partial charge in [0, 0.05) is 25.7 Å². The molecular formula is C82H160O17P2. The normalized spacial score (nSPS) is 14.2.